The van der Waals surface area contributed by atoms with Crippen LogP contribution in [-0.2, 0) is 18.5 Å². The molecule has 0 unspecified atom stereocenters. The molecule has 0 atom stereocenters. The molecule has 1 N–H and O–H groups in total. The molecule has 0 radical (unpaired) electrons. The van der Waals surface area contributed by atoms with Crippen molar-refractivity contribution in [1.82, 2.24) is 14.7 Å². The van der Waals surface area contributed by atoms with Crippen molar-refractivity contribution >= 4 is 11.9 Å². The van der Waals surface area contributed by atoms with E-state index in [-0.39, 0.29) is 17.0 Å². The van der Waals surface area contributed by atoms with Crippen LogP contribution in [0.15, 0.2) is 30.6 Å². The molecule has 24 heavy (non-hydrogen) atoms. The van der Waals surface area contributed by atoms with Gasteiger partial charge in [-0.2, -0.15) is 5.10 Å². The Labute approximate surface area is 140 Å². The lowest BCUT2D eigenvalue weighted by atomic mass is 9.97. The zero-order valence-electron chi connectivity index (χ0n) is 14.1. The van der Waals surface area contributed by atoms with E-state index < -0.39 is 5.97 Å². The van der Waals surface area contributed by atoms with Gasteiger partial charge in [-0.05, 0) is 50.5 Å². The maximum Gasteiger partial charge on any atom is 0.335 e. The molecule has 1 aromatic carbocycles. The van der Waals surface area contributed by atoms with Gasteiger partial charge in [-0.15, -0.1) is 0 Å². The third-order valence-electron chi connectivity index (χ3n) is 4.27. The highest BCUT2D eigenvalue weighted by Gasteiger charge is 2.24. The van der Waals surface area contributed by atoms with Gasteiger partial charge in [-0.1, -0.05) is 6.07 Å². The van der Waals surface area contributed by atoms with Crippen molar-refractivity contribution < 1.29 is 14.7 Å². The smallest absolute Gasteiger partial charge is 0.335 e. The lowest BCUT2D eigenvalue weighted by molar-refractivity contribution is 0.0696. The number of amides is 1. The lowest BCUT2D eigenvalue weighted by Gasteiger charge is -2.28. The summed E-state index contributed by atoms with van der Waals surface area (Å²) in [6.07, 6.45) is 4.09. The van der Waals surface area contributed by atoms with E-state index >= 15 is 0 Å². The summed E-state index contributed by atoms with van der Waals surface area (Å²) in [5.41, 5.74) is 2.64. The van der Waals surface area contributed by atoms with Gasteiger partial charge in [0, 0.05) is 19.3 Å². The number of aromatic nitrogens is 2. The molecule has 2 aromatic rings. The Hall–Kier alpha value is -2.63. The zero-order chi connectivity index (χ0) is 17.5. The molecule has 1 amide bonds. The minimum absolute atomic E-state index is 0.0723. The molecule has 1 aromatic heterocycles. The standard InChI is InChI=1S/C18H21N3O3/c1-18(2,3)21-11-15(9-19-21)16(22)20-7-6-12-4-5-13(17(23)24)8-14(12)10-20/h4-5,8-9,11H,6-7,10H2,1-3H3,(H,23,24). The third kappa shape index (κ3) is 3.04. The number of nitrogens with zero attached hydrogens (tertiary/aromatic N) is 3. The summed E-state index contributed by atoms with van der Waals surface area (Å²) in [7, 11) is 0. The monoisotopic (exact) mass is 327 g/mol. The fraction of sp³-hybridized carbons (Fsp3) is 0.389. The van der Waals surface area contributed by atoms with Crippen molar-refractivity contribution in [3.05, 3.63) is 52.8 Å². The molecule has 1 aliphatic heterocycles. The maximum absolute atomic E-state index is 12.7. The molecular formula is C18H21N3O3. The Morgan fingerprint density at radius 3 is 2.54 bits per heavy atom. The number of fused-ring (bicyclic) bond motifs is 1. The number of benzene rings is 1. The van der Waals surface area contributed by atoms with Crippen molar-refractivity contribution in [3.63, 3.8) is 0 Å². The van der Waals surface area contributed by atoms with Gasteiger partial charge in [-0.25, -0.2) is 4.79 Å². The Morgan fingerprint density at radius 1 is 1.17 bits per heavy atom. The number of carbonyl (C=O) groups excluding carboxylic acids is 1. The largest absolute Gasteiger partial charge is 0.478 e. The summed E-state index contributed by atoms with van der Waals surface area (Å²) >= 11 is 0. The average molecular weight is 327 g/mol. The molecule has 2 heterocycles. The van der Waals surface area contributed by atoms with Crippen LogP contribution >= 0.6 is 0 Å². The summed E-state index contributed by atoms with van der Waals surface area (Å²) < 4.78 is 1.78. The second-order valence-corrected chi connectivity index (χ2v) is 7.11. The molecule has 0 aliphatic carbocycles. The molecule has 0 spiro atoms. The highest BCUT2D eigenvalue weighted by Crippen LogP contribution is 2.22. The van der Waals surface area contributed by atoms with Gasteiger partial charge in [0.2, 0.25) is 0 Å². The fourth-order valence-corrected chi connectivity index (χ4v) is 2.85. The number of carboxylic acid groups (broad SMARTS) is 1. The normalized spacial score (nSPS) is 14.4. The number of aromatic carboxylic acids is 1. The number of hydrogen-bond acceptors (Lipinski definition) is 3. The van der Waals surface area contributed by atoms with Gasteiger partial charge in [0.1, 0.15) is 0 Å². The molecule has 0 bridgehead atoms. The lowest BCUT2D eigenvalue weighted by Crippen LogP contribution is -2.36. The van der Waals surface area contributed by atoms with Crippen LogP contribution in [0.5, 0.6) is 0 Å². The first kappa shape index (κ1) is 16.2. The molecule has 1 aliphatic rings. The van der Waals surface area contributed by atoms with Crippen molar-refractivity contribution in [1.29, 1.82) is 0 Å². The van der Waals surface area contributed by atoms with Crippen LogP contribution < -0.4 is 0 Å². The summed E-state index contributed by atoms with van der Waals surface area (Å²) in [5.74, 6) is -1.02. The van der Waals surface area contributed by atoms with Gasteiger partial charge in [0.15, 0.2) is 0 Å². The quantitative estimate of drug-likeness (QED) is 0.920. The van der Waals surface area contributed by atoms with Crippen molar-refractivity contribution in [2.24, 2.45) is 0 Å². The molecule has 6 heteroatoms. The first-order valence-corrected chi connectivity index (χ1v) is 7.95. The number of carboxylic acids is 1. The topological polar surface area (TPSA) is 75.4 Å². The number of carbonyl (C=O) groups is 2. The molecule has 0 saturated heterocycles. The van der Waals surface area contributed by atoms with E-state index in [4.69, 9.17) is 5.11 Å². The van der Waals surface area contributed by atoms with E-state index in [0.29, 0.717) is 18.7 Å². The van der Waals surface area contributed by atoms with Crippen molar-refractivity contribution in [3.8, 4) is 0 Å². The first-order valence-electron chi connectivity index (χ1n) is 7.95. The van der Waals surface area contributed by atoms with Crippen LogP contribution in [0.2, 0.25) is 0 Å². The Morgan fingerprint density at radius 2 is 1.92 bits per heavy atom. The van der Waals surface area contributed by atoms with Gasteiger partial charge < -0.3 is 10.0 Å². The minimum Gasteiger partial charge on any atom is -0.478 e. The van der Waals surface area contributed by atoms with E-state index in [2.05, 4.69) is 5.10 Å². The van der Waals surface area contributed by atoms with Crippen LogP contribution in [0, 0.1) is 0 Å². The van der Waals surface area contributed by atoms with Crippen LogP contribution in [0.4, 0.5) is 0 Å². The predicted molar refractivity (Wildman–Crippen MR) is 89.1 cm³/mol. The van der Waals surface area contributed by atoms with E-state index in [1.165, 1.54) is 0 Å². The highest BCUT2D eigenvalue weighted by molar-refractivity contribution is 5.94. The fourth-order valence-electron chi connectivity index (χ4n) is 2.85. The molecular weight excluding hydrogens is 306 g/mol. The number of rotatable bonds is 2. The average Bonchev–Trinajstić information content (AvgIpc) is 3.03. The molecule has 3 rings (SSSR count). The van der Waals surface area contributed by atoms with E-state index in [1.54, 1.807) is 34.1 Å². The predicted octanol–water partition coefficient (Wildman–Crippen LogP) is 2.53. The maximum atomic E-state index is 12.7. The van der Waals surface area contributed by atoms with Crippen molar-refractivity contribution in [2.75, 3.05) is 6.54 Å². The summed E-state index contributed by atoms with van der Waals surface area (Å²) in [5, 5.41) is 13.4. The van der Waals surface area contributed by atoms with Crippen molar-refractivity contribution in [2.45, 2.75) is 39.3 Å². The Balaban J connectivity index is 1.82. The van der Waals surface area contributed by atoms with Crippen LogP contribution in [0.3, 0.4) is 0 Å². The Kier molecular flexibility index (Phi) is 3.91. The third-order valence-corrected chi connectivity index (χ3v) is 4.27. The summed E-state index contributed by atoms with van der Waals surface area (Å²) in [4.78, 5) is 25.6. The molecule has 0 saturated carbocycles. The first-order chi connectivity index (χ1) is 11.3. The van der Waals surface area contributed by atoms with Gasteiger partial charge in [0.25, 0.3) is 5.91 Å². The van der Waals surface area contributed by atoms with E-state index in [1.807, 2.05) is 26.8 Å². The second-order valence-electron chi connectivity index (χ2n) is 7.11. The second kappa shape index (κ2) is 5.78. The molecule has 6 nitrogen and oxygen atoms in total. The minimum atomic E-state index is -0.951. The van der Waals surface area contributed by atoms with Gasteiger partial charge >= 0.3 is 5.97 Å². The molecule has 0 fully saturated rings. The summed E-state index contributed by atoms with van der Waals surface area (Å²) in [6.45, 7) is 7.13. The van der Waals surface area contributed by atoms with E-state index in [0.717, 1.165) is 17.5 Å². The van der Waals surface area contributed by atoms with Gasteiger partial charge in [0.05, 0.1) is 22.9 Å². The van der Waals surface area contributed by atoms with Crippen LogP contribution in [0.25, 0.3) is 0 Å². The van der Waals surface area contributed by atoms with Gasteiger partial charge in [-0.3, -0.25) is 9.48 Å². The highest BCUT2D eigenvalue weighted by atomic mass is 16.4. The summed E-state index contributed by atoms with van der Waals surface area (Å²) in [6, 6.07) is 5.12. The SMILES string of the molecule is CC(C)(C)n1cc(C(=O)N2CCc3ccc(C(=O)O)cc3C2)cn1. The zero-order valence-corrected chi connectivity index (χ0v) is 14.1. The molecule has 126 valence electrons. The van der Waals surface area contributed by atoms with Crippen LogP contribution in [-0.4, -0.2) is 38.2 Å². The number of hydrogen-bond donors (Lipinski definition) is 1. The Bertz CT molecular complexity index is 802. The van der Waals surface area contributed by atoms with Crippen LogP contribution in [0.1, 0.15) is 52.6 Å². The van der Waals surface area contributed by atoms with E-state index in [9.17, 15) is 9.59 Å².